The number of hydrogen-bond acceptors (Lipinski definition) is 5. The minimum Gasteiger partial charge on any atom is -0.297 e. The van der Waals surface area contributed by atoms with Crippen molar-refractivity contribution in [2.24, 2.45) is 0 Å². The number of piperazine rings is 1. The lowest BCUT2D eigenvalue weighted by Crippen LogP contribution is -2.48. The second-order valence-corrected chi connectivity index (χ2v) is 6.65. The number of hydrogen-bond donors (Lipinski definition) is 0. The van der Waals surface area contributed by atoms with E-state index in [1.165, 1.54) is 12.1 Å². The van der Waals surface area contributed by atoms with E-state index in [1.807, 2.05) is 22.9 Å². The van der Waals surface area contributed by atoms with Crippen LogP contribution in [0.15, 0.2) is 36.9 Å². The van der Waals surface area contributed by atoms with E-state index in [1.54, 1.807) is 0 Å². The van der Waals surface area contributed by atoms with Gasteiger partial charge in [-0.05, 0) is 42.0 Å². The summed E-state index contributed by atoms with van der Waals surface area (Å²) in [5, 5.41) is 12.3. The van der Waals surface area contributed by atoms with Gasteiger partial charge in [0.05, 0.1) is 12.1 Å². The van der Waals surface area contributed by atoms with Crippen LogP contribution in [-0.2, 0) is 0 Å². The van der Waals surface area contributed by atoms with E-state index in [2.05, 4.69) is 45.8 Å². The first-order valence-electron chi connectivity index (χ1n) is 8.70. The molecule has 0 aliphatic carbocycles. The fourth-order valence-corrected chi connectivity index (χ4v) is 3.30. The van der Waals surface area contributed by atoms with Gasteiger partial charge >= 0.3 is 0 Å². The number of aromatic nitrogens is 4. The maximum atomic E-state index is 13.4. The first kappa shape index (κ1) is 17.7. The first-order valence-corrected chi connectivity index (χ1v) is 8.70. The molecule has 3 rings (SSSR count). The smallest absolute Gasteiger partial charge is 0.173 e. The number of tetrazole rings is 1. The van der Waals surface area contributed by atoms with E-state index in [0.29, 0.717) is 0 Å². The average Bonchev–Trinajstić information content (AvgIpc) is 3.08. The molecule has 134 valence electrons. The summed E-state index contributed by atoms with van der Waals surface area (Å²) >= 11 is 0. The van der Waals surface area contributed by atoms with Crippen LogP contribution in [-0.4, -0.2) is 62.7 Å². The van der Waals surface area contributed by atoms with Gasteiger partial charge in [-0.25, -0.2) is 9.07 Å². The monoisotopic (exact) mass is 344 g/mol. The van der Waals surface area contributed by atoms with Crippen LogP contribution in [0.3, 0.4) is 0 Å². The molecule has 1 aliphatic heterocycles. The van der Waals surface area contributed by atoms with Crippen molar-refractivity contribution in [3.63, 3.8) is 0 Å². The number of benzene rings is 1. The van der Waals surface area contributed by atoms with Gasteiger partial charge in [0, 0.05) is 32.7 Å². The van der Waals surface area contributed by atoms with Crippen LogP contribution < -0.4 is 0 Å². The third kappa shape index (κ3) is 3.93. The molecule has 0 radical (unpaired) electrons. The number of nitrogens with zero attached hydrogens (tertiary/aromatic N) is 6. The molecule has 1 aromatic heterocycles. The highest BCUT2D eigenvalue weighted by Crippen LogP contribution is 2.29. The maximum Gasteiger partial charge on any atom is 0.173 e. The molecule has 2 heterocycles. The highest BCUT2D eigenvalue weighted by atomic mass is 19.1. The van der Waals surface area contributed by atoms with E-state index >= 15 is 0 Å². The van der Waals surface area contributed by atoms with Crippen LogP contribution in [0.25, 0.3) is 0 Å². The van der Waals surface area contributed by atoms with Crippen molar-refractivity contribution in [1.82, 2.24) is 30.0 Å². The molecule has 2 aromatic rings. The van der Waals surface area contributed by atoms with Crippen molar-refractivity contribution in [2.75, 3.05) is 32.7 Å². The summed E-state index contributed by atoms with van der Waals surface area (Å²) in [4.78, 5) is 4.74. The Balaban J connectivity index is 1.91. The molecule has 7 heteroatoms. The summed E-state index contributed by atoms with van der Waals surface area (Å²) in [5.41, 5.74) is 1.01. The Morgan fingerprint density at radius 2 is 1.84 bits per heavy atom. The van der Waals surface area contributed by atoms with Gasteiger partial charge in [-0.2, -0.15) is 0 Å². The molecule has 1 aromatic carbocycles. The molecule has 1 saturated heterocycles. The molecule has 0 spiro atoms. The fourth-order valence-electron chi connectivity index (χ4n) is 3.30. The quantitative estimate of drug-likeness (QED) is 0.753. The Bertz CT molecular complexity index is 688. The molecule has 0 saturated carbocycles. The van der Waals surface area contributed by atoms with Crippen LogP contribution >= 0.6 is 0 Å². The minimum absolute atomic E-state index is 0.0797. The molecular formula is C18H25FN6. The zero-order chi connectivity index (χ0) is 17.8. The van der Waals surface area contributed by atoms with E-state index in [0.717, 1.165) is 44.1 Å². The summed E-state index contributed by atoms with van der Waals surface area (Å²) in [5.74, 6) is 0.570. The number of rotatable bonds is 6. The average molecular weight is 344 g/mol. The van der Waals surface area contributed by atoms with E-state index in [-0.39, 0.29) is 17.9 Å². The third-order valence-corrected chi connectivity index (χ3v) is 4.60. The molecule has 1 aliphatic rings. The molecule has 1 atom stereocenters. The zero-order valence-electron chi connectivity index (χ0n) is 14.8. The molecule has 6 nitrogen and oxygen atoms in total. The minimum atomic E-state index is -0.234. The topological polar surface area (TPSA) is 50.1 Å². The molecule has 25 heavy (non-hydrogen) atoms. The summed E-state index contributed by atoms with van der Waals surface area (Å²) in [7, 11) is 0. The molecule has 1 unspecified atom stereocenters. The molecule has 1 fully saturated rings. The third-order valence-electron chi connectivity index (χ3n) is 4.60. The van der Waals surface area contributed by atoms with Gasteiger partial charge in [0.2, 0.25) is 0 Å². The predicted molar refractivity (Wildman–Crippen MR) is 94.7 cm³/mol. The second kappa shape index (κ2) is 7.84. The second-order valence-electron chi connectivity index (χ2n) is 6.65. The van der Waals surface area contributed by atoms with E-state index in [9.17, 15) is 4.39 Å². The van der Waals surface area contributed by atoms with Gasteiger partial charge in [0.15, 0.2) is 5.82 Å². The van der Waals surface area contributed by atoms with Crippen molar-refractivity contribution in [3.8, 4) is 0 Å². The van der Waals surface area contributed by atoms with Gasteiger partial charge in [-0.3, -0.25) is 9.80 Å². The van der Waals surface area contributed by atoms with E-state index in [4.69, 9.17) is 0 Å². The van der Waals surface area contributed by atoms with Gasteiger partial charge in [-0.1, -0.05) is 18.2 Å². The first-order chi connectivity index (χ1) is 12.1. The Kier molecular flexibility index (Phi) is 5.55. The summed E-state index contributed by atoms with van der Waals surface area (Å²) in [6.45, 7) is 12.6. The molecular weight excluding hydrogens is 319 g/mol. The lowest BCUT2D eigenvalue weighted by molar-refractivity contribution is 0.112. The fraction of sp³-hybridized carbons (Fsp3) is 0.500. The SMILES string of the molecule is C=CCN1CCN(C(c2ccc(F)cc2)c2nnnn2C(C)C)CC1. The van der Waals surface area contributed by atoms with Crippen LogP contribution in [0, 0.1) is 5.82 Å². The highest BCUT2D eigenvalue weighted by molar-refractivity contribution is 5.25. The van der Waals surface area contributed by atoms with Crippen LogP contribution in [0.1, 0.15) is 37.3 Å². The number of halogens is 1. The standard InChI is InChI=1S/C18H25FN6/c1-4-9-23-10-12-24(13-11-23)17(15-5-7-16(19)8-6-15)18-20-21-22-25(18)14(2)3/h4-8,14,17H,1,9-13H2,2-3H3. The van der Waals surface area contributed by atoms with Gasteiger partial charge in [-0.15, -0.1) is 11.7 Å². The Morgan fingerprint density at radius 3 is 2.44 bits per heavy atom. The van der Waals surface area contributed by atoms with E-state index < -0.39 is 0 Å². The van der Waals surface area contributed by atoms with Crippen molar-refractivity contribution >= 4 is 0 Å². The van der Waals surface area contributed by atoms with Gasteiger partial charge in [0.1, 0.15) is 5.82 Å². The Labute approximate surface area is 147 Å². The van der Waals surface area contributed by atoms with Crippen LogP contribution in [0.5, 0.6) is 0 Å². The van der Waals surface area contributed by atoms with Crippen molar-refractivity contribution in [2.45, 2.75) is 25.9 Å². The van der Waals surface area contributed by atoms with Crippen molar-refractivity contribution in [1.29, 1.82) is 0 Å². The van der Waals surface area contributed by atoms with Crippen LogP contribution in [0.2, 0.25) is 0 Å². The summed E-state index contributed by atoms with van der Waals surface area (Å²) in [6, 6.07) is 6.74. The van der Waals surface area contributed by atoms with Crippen LogP contribution in [0.4, 0.5) is 4.39 Å². The van der Waals surface area contributed by atoms with Gasteiger partial charge < -0.3 is 0 Å². The lowest BCUT2D eigenvalue weighted by Gasteiger charge is -2.38. The molecule has 0 bridgehead atoms. The predicted octanol–water partition coefficient (Wildman–Crippen LogP) is 2.29. The maximum absolute atomic E-state index is 13.4. The lowest BCUT2D eigenvalue weighted by atomic mass is 10.0. The molecule has 0 N–H and O–H groups in total. The normalized spacial score (nSPS) is 17.8. The summed E-state index contributed by atoms with van der Waals surface area (Å²) < 4.78 is 15.3. The zero-order valence-corrected chi connectivity index (χ0v) is 14.8. The van der Waals surface area contributed by atoms with Crippen molar-refractivity contribution < 1.29 is 4.39 Å². The summed E-state index contributed by atoms with van der Waals surface area (Å²) in [6.07, 6.45) is 1.94. The Hall–Kier alpha value is -2.12. The van der Waals surface area contributed by atoms with Gasteiger partial charge in [0.25, 0.3) is 0 Å². The van der Waals surface area contributed by atoms with Crippen molar-refractivity contribution in [3.05, 3.63) is 54.1 Å². The Morgan fingerprint density at radius 1 is 1.16 bits per heavy atom. The largest absolute Gasteiger partial charge is 0.297 e. The highest BCUT2D eigenvalue weighted by Gasteiger charge is 2.30. The molecule has 0 amide bonds.